The zero-order chi connectivity index (χ0) is 20.5. The van der Waals surface area contributed by atoms with Crippen molar-refractivity contribution in [1.82, 2.24) is 19.4 Å². The number of pyridine rings is 1. The molecule has 4 rings (SSSR count). The summed E-state index contributed by atoms with van der Waals surface area (Å²) in [6, 6.07) is 7.03. The topological polar surface area (TPSA) is 107 Å². The normalized spacial score (nSPS) is 12.3. The third-order valence-electron chi connectivity index (χ3n) is 4.88. The highest BCUT2D eigenvalue weighted by Gasteiger charge is 2.19. The van der Waals surface area contributed by atoms with E-state index in [9.17, 15) is 14.4 Å². The van der Waals surface area contributed by atoms with E-state index in [1.807, 2.05) is 25.1 Å². The van der Waals surface area contributed by atoms with Crippen molar-refractivity contribution in [2.45, 2.75) is 26.9 Å². The van der Waals surface area contributed by atoms with Gasteiger partial charge < -0.3 is 14.4 Å². The molecule has 9 heteroatoms. The zero-order valence-corrected chi connectivity index (χ0v) is 16.1. The lowest BCUT2D eigenvalue weighted by Gasteiger charge is -2.21. The fourth-order valence-electron chi connectivity index (χ4n) is 3.35. The average molecular weight is 396 g/mol. The van der Waals surface area contributed by atoms with E-state index in [1.165, 1.54) is 16.8 Å². The van der Waals surface area contributed by atoms with Crippen LogP contribution < -0.4 is 20.7 Å². The molecule has 0 bridgehead atoms. The molecule has 1 N–H and O–H groups in total. The van der Waals surface area contributed by atoms with Crippen molar-refractivity contribution in [3.8, 4) is 11.5 Å². The minimum absolute atomic E-state index is 0.190. The minimum Gasteiger partial charge on any atom is -0.454 e. The number of aryl methyl sites for hydroxylation is 1. The molecule has 0 saturated heterocycles. The van der Waals surface area contributed by atoms with Gasteiger partial charge in [0.1, 0.15) is 5.65 Å². The molecule has 0 atom stereocenters. The van der Waals surface area contributed by atoms with Crippen LogP contribution in [-0.4, -0.2) is 38.7 Å². The van der Waals surface area contributed by atoms with Crippen LogP contribution in [0.25, 0.3) is 11.0 Å². The van der Waals surface area contributed by atoms with Crippen LogP contribution in [0.5, 0.6) is 11.5 Å². The fourth-order valence-corrected chi connectivity index (χ4v) is 3.35. The van der Waals surface area contributed by atoms with Gasteiger partial charge in [-0.15, -0.1) is 0 Å². The average Bonchev–Trinajstić information content (AvgIpc) is 3.19. The summed E-state index contributed by atoms with van der Waals surface area (Å²) in [7, 11) is 0. The highest BCUT2D eigenvalue weighted by atomic mass is 16.7. The molecule has 3 heterocycles. The molecule has 150 valence electrons. The van der Waals surface area contributed by atoms with Gasteiger partial charge >= 0.3 is 5.69 Å². The molecule has 0 aliphatic carbocycles. The van der Waals surface area contributed by atoms with E-state index in [2.05, 4.69) is 9.97 Å². The van der Waals surface area contributed by atoms with Crippen LogP contribution in [0, 0.1) is 0 Å². The SMILES string of the molecule is CCN(Cc1ccc2c(c1)OCO2)C(=O)c1cnc2c(c1)c(=O)[nH]c(=O)n2CC. The molecule has 0 spiro atoms. The lowest BCUT2D eigenvalue weighted by molar-refractivity contribution is 0.0752. The number of carbonyl (C=O) groups excluding carboxylic acids is 1. The third kappa shape index (κ3) is 3.35. The molecule has 3 aromatic rings. The number of aromatic nitrogens is 3. The van der Waals surface area contributed by atoms with Gasteiger partial charge in [0.25, 0.3) is 11.5 Å². The third-order valence-corrected chi connectivity index (χ3v) is 4.88. The van der Waals surface area contributed by atoms with Gasteiger partial charge in [-0.3, -0.25) is 19.1 Å². The number of fused-ring (bicyclic) bond motifs is 2. The first kappa shape index (κ1) is 18.7. The second-order valence-electron chi connectivity index (χ2n) is 6.61. The van der Waals surface area contributed by atoms with E-state index in [4.69, 9.17) is 9.47 Å². The van der Waals surface area contributed by atoms with Crippen LogP contribution in [0.1, 0.15) is 29.8 Å². The lowest BCUT2D eigenvalue weighted by atomic mass is 10.1. The van der Waals surface area contributed by atoms with Gasteiger partial charge in [0.2, 0.25) is 6.79 Å². The van der Waals surface area contributed by atoms with Crippen LogP contribution >= 0.6 is 0 Å². The Balaban J connectivity index is 1.66. The predicted octanol–water partition coefficient (Wildman–Crippen LogP) is 1.50. The maximum atomic E-state index is 13.0. The predicted molar refractivity (Wildman–Crippen MR) is 105 cm³/mol. The summed E-state index contributed by atoms with van der Waals surface area (Å²) in [6.07, 6.45) is 1.40. The summed E-state index contributed by atoms with van der Waals surface area (Å²) in [5, 5.41) is 0.205. The second-order valence-corrected chi connectivity index (χ2v) is 6.61. The van der Waals surface area contributed by atoms with E-state index in [0.717, 1.165) is 5.56 Å². The molecular formula is C20H20N4O5. The number of aromatic amines is 1. The second kappa shape index (κ2) is 7.42. The first-order valence-electron chi connectivity index (χ1n) is 9.32. The Morgan fingerprint density at radius 2 is 2.00 bits per heavy atom. The number of H-pyrrole nitrogens is 1. The van der Waals surface area contributed by atoms with Crippen LogP contribution in [-0.2, 0) is 13.1 Å². The number of ether oxygens (including phenoxy) is 2. The van der Waals surface area contributed by atoms with Gasteiger partial charge in [-0.1, -0.05) is 6.07 Å². The van der Waals surface area contributed by atoms with E-state index < -0.39 is 11.2 Å². The summed E-state index contributed by atoms with van der Waals surface area (Å²) in [4.78, 5) is 45.3. The Labute approximate surface area is 165 Å². The number of carbonyl (C=O) groups is 1. The highest BCUT2D eigenvalue weighted by molar-refractivity contribution is 5.96. The Kier molecular flexibility index (Phi) is 4.79. The van der Waals surface area contributed by atoms with Crippen molar-refractivity contribution in [2.24, 2.45) is 0 Å². The number of nitrogens with one attached hydrogen (secondary N) is 1. The highest BCUT2D eigenvalue weighted by Crippen LogP contribution is 2.32. The summed E-state index contributed by atoms with van der Waals surface area (Å²) >= 11 is 0. The van der Waals surface area contributed by atoms with Gasteiger partial charge in [0, 0.05) is 25.8 Å². The number of hydrogen-bond acceptors (Lipinski definition) is 6. The summed E-state index contributed by atoms with van der Waals surface area (Å²) < 4.78 is 12.1. The number of benzene rings is 1. The minimum atomic E-state index is -0.560. The van der Waals surface area contributed by atoms with Crippen LogP contribution in [0.3, 0.4) is 0 Å². The molecule has 0 saturated carbocycles. The first-order valence-corrected chi connectivity index (χ1v) is 9.32. The van der Waals surface area contributed by atoms with E-state index in [1.54, 1.807) is 11.8 Å². The number of hydrogen-bond donors (Lipinski definition) is 1. The fraction of sp³-hybridized carbons (Fsp3) is 0.300. The zero-order valence-electron chi connectivity index (χ0n) is 16.1. The summed E-state index contributed by atoms with van der Waals surface area (Å²) in [5.41, 5.74) is 0.365. The lowest BCUT2D eigenvalue weighted by Crippen LogP contribution is -2.32. The van der Waals surface area contributed by atoms with Gasteiger partial charge in [0.15, 0.2) is 11.5 Å². The van der Waals surface area contributed by atoms with Gasteiger partial charge in [0.05, 0.1) is 10.9 Å². The smallest absolute Gasteiger partial charge is 0.329 e. The van der Waals surface area contributed by atoms with Crippen LogP contribution in [0.2, 0.25) is 0 Å². The molecule has 1 aromatic carbocycles. The molecule has 1 amide bonds. The van der Waals surface area contributed by atoms with Crippen molar-refractivity contribution < 1.29 is 14.3 Å². The monoisotopic (exact) mass is 396 g/mol. The summed E-state index contributed by atoms with van der Waals surface area (Å²) in [5.74, 6) is 1.08. The van der Waals surface area contributed by atoms with Crippen molar-refractivity contribution in [3.63, 3.8) is 0 Å². The van der Waals surface area contributed by atoms with Crippen LogP contribution in [0.15, 0.2) is 40.1 Å². The van der Waals surface area contributed by atoms with Crippen molar-refractivity contribution in [3.05, 3.63) is 62.4 Å². The molecule has 1 aliphatic rings. The molecule has 9 nitrogen and oxygen atoms in total. The van der Waals surface area contributed by atoms with Gasteiger partial charge in [-0.25, -0.2) is 9.78 Å². The van der Waals surface area contributed by atoms with Crippen molar-refractivity contribution in [1.29, 1.82) is 0 Å². The number of amides is 1. The molecule has 29 heavy (non-hydrogen) atoms. The molecule has 0 fully saturated rings. The van der Waals surface area contributed by atoms with E-state index in [0.29, 0.717) is 31.1 Å². The largest absolute Gasteiger partial charge is 0.454 e. The number of rotatable bonds is 5. The maximum absolute atomic E-state index is 13.0. The van der Waals surface area contributed by atoms with Crippen molar-refractivity contribution in [2.75, 3.05) is 13.3 Å². The molecule has 1 aliphatic heterocycles. The Morgan fingerprint density at radius 1 is 1.21 bits per heavy atom. The van der Waals surface area contributed by atoms with E-state index >= 15 is 0 Å². The Hall–Kier alpha value is -3.62. The molecular weight excluding hydrogens is 376 g/mol. The first-order chi connectivity index (χ1) is 14.0. The Morgan fingerprint density at radius 3 is 2.76 bits per heavy atom. The molecule has 0 unspecified atom stereocenters. The maximum Gasteiger partial charge on any atom is 0.329 e. The standard InChI is InChI=1S/C20H20N4O5/c1-3-23(10-12-5-6-15-16(7-12)29-11-28-15)19(26)13-8-14-17(21-9-13)24(4-2)20(27)22-18(14)25/h5-9H,3-4,10-11H2,1-2H3,(H,22,25,27). The molecule has 2 aromatic heterocycles. The summed E-state index contributed by atoms with van der Waals surface area (Å²) in [6.45, 7) is 5.04. The van der Waals surface area contributed by atoms with E-state index in [-0.39, 0.29) is 29.3 Å². The van der Waals surface area contributed by atoms with Crippen molar-refractivity contribution >= 4 is 16.9 Å². The molecule has 0 radical (unpaired) electrons. The van der Waals surface area contributed by atoms with Crippen LogP contribution in [0.4, 0.5) is 0 Å². The van der Waals surface area contributed by atoms with Gasteiger partial charge in [-0.2, -0.15) is 0 Å². The number of nitrogens with zero attached hydrogens (tertiary/aromatic N) is 3. The Bertz CT molecular complexity index is 1210. The quantitative estimate of drug-likeness (QED) is 0.700. The van der Waals surface area contributed by atoms with Gasteiger partial charge in [-0.05, 0) is 37.6 Å².